The zero-order valence-electron chi connectivity index (χ0n) is 14.5. The maximum absolute atomic E-state index is 14.2. The van der Waals surface area contributed by atoms with Crippen LogP contribution in [0.15, 0.2) is 41.3 Å². The van der Waals surface area contributed by atoms with Crippen molar-refractivity contribution in [3.05, 3.63) is 52.8 Å². The maximum Gasteiger partial charge on any atom is 0.255 e. The molecule has 27 heavy (non-hydrogen) atoms. The lowest BCUT2D eigenvalue weighted by molar-refractivity contribution is 0.102. The van der Waals surface area contributed by atoms with Crippen molar-refractivity contribution in [1.82, 2.24) is 4.31 Å². The number of rotatable bonds is 5. The first-order valence-corrected chi connectivity index (χ1v) is 10.1. The van der Waals surface area contributed by atoms with Crippen LogP contribution in [0.2, 0.25) is 5.02 Å². The average Bonchev–Trinajstić information content (AvgIpc) is 3.17. The van der Waals surface area contributed by atoms with Crippen molar-refractivity contribution in [2.45, 2.75) is 17.7 Å². The highest BCUT2D eigenvalue weighted by Crippen LogP contribution is 2.29. The second-order valence-corrected chi connectivity index (χ2v) is 8.40. The molecule has 0 atom stereocenters. The molecule has 144 valence electrons. The van der Waals surface area contributed by atoms with Gasteiger partial charge in [-0.15, -0.1) is 0 Å². The molecule has 1 heterocycles. The number of benzene rings is 2. The van der Waals surface area contributed by atoms with Gasteiger partial charge in [0.1, 0.15) is 16.5 Å². The van der Waals surface area contributed by atoms with E-state index in [1.807, 2.05) is 0 Å². The zero-order chi connectivity index (χ0) is 19.6. The van der Waals surface area contributed by atoms with Crippen LogP contribution in [0.25, 0.3) is 0 Å². The van der Waals surface area contributed by atoms with Gasteiger partial charge in [-0.3, -0.25) is 4.79 Å². The summed E-state index contributed by atoms with van der Waals surface area (Å²) in [5.41, 5.74) is 0.333. The molecule has 0 spiro atoms. The molecule has 0 radical (unpaired) electrons. The van der Waals surface area contributed by atoms with E-state index < -0.39 is 26.6 Å². The van der Waals surface area contributed by atoms with Gasteiger partial charge in [0.05, 0.1) is 12.8 Å². The lowest BCUT2D eigenvalue weighted by Crippen LogP contribution is -2.29. The molecule has 3 rings (SSSR count). The Balaban J connectivity index is 1.92. The minimum Gasteiger partial charge on any atom is -0.495 e. The summed E-state index contributed by atoms with van der Waals surface area (Å²) in [6.07, 6.45) is 1.46. The van der Waals surface area contributed by atoms with Crippen LogP contribution >= 0.6 is 11.6 Å². The standard InChI is InChI=1S/C18H18ClFN2O4S/c1-26-16-7-5-13(19)11-15(16)21-18(23)12-4-6-14(20)17(10-12)27(24,25)22-8-2-3-9-22/h4-7,10-11H,2-3,8-9H2,1H3,(H,21,23). The Morgan fingerprint density at radius 3 is 2.56 bits per heavy atom. The first-order valence-electron chi connectivity index (χ1n) is 8.27. The van der Waals surface area contributed by atoms with Crippen LogP contribution in [0.1, 0.15) is 23.2 Å². The maximum atomic E-state index is 14.2. The third-order valence-electron chi connectivity index (χ3n) is 4.29. The van der Waals surface area contributed by atoms with E-state index in [-0.39, 0.29) is 5.56 Å². The highest BCUT2D eigenvalue weighted by molar-refractivity contribution is 7.89. The van der Waals surface area contributed by atoms with Gasteiger partial charge in [0, 0.05) is 23.7 Å². The fourth-order valence-electron chi connectivity index (χ4n) is 2.88. The molecule has 0 aliphatic carbocycles. The zero-order valence-corrected chi connectivity index (χ0v) is 16.1. The van der Waals surface area contributed by atoms with E-state index in [4.69, 9.17) is 16.3 Å². The van der Waals surface area contributed by atoms with Gasteiger partial charge in [0.25, 0.3) is 5.91 Å². The number of sulfonamides is 1. The van der Waals surface area contributed by atoms with Crippen LogP contribution < -0.4 is 10.1 Å². The number of methoxy groups -OCH3 is 1. The number of nitrogens with zero attached hydrogens (tertiary/aromatic N) is 1. The number of nitrogens with one attached hydrogen (secondary N) is 1. The number of hydrogen-bond donors (Lipinski definition) is 1. The topological polar surface area (TPSA) is 75.7 Å². The molecule has 0 saturated carbocycles. The van der Waals surface area contributed by atoms with Gasteiger partial charge in [-0.05, 0) is 49.2 Å². The first-order chi connectivity index (χ1) is 12.8. The molecule has 1 N–H and O–H groups in total. The molecule has 1 aliphatic rings. The quantitative estimate of drug-likeness (QED) is 0.815. The van der Waals surface area contributed by atoms with Crippen LogP contribution in [0.5, 0.6) is 5.75 Å². The summed E-state index contributed by atoms with van der Waals surface area (Å²) in [7, 11) is -2.54. The summed E-state index contributed by atoms with van der Waals surface area (Å²) >= 11 is 5.94. The Kier molecular flexibility index (Phi) is 5.69. The van der Waals surface area contributed by atoms with E-state index in [2.05, 4.69) is 5.32 Å². The van der Waals surface area contributed by atoms with Crippen LogP contribution in [-0.4, -0.2) is 38.8 Å². The number of carbonyl (C=O) groups excluding carboxylic acids is 1. The fourth-order valence-corrected chi connectivity index (χ4v) is 4.66. The van der Waals surface area contributed by atoms with Crippen LogP contribution in [0, 0.1) is 5.82 Å². The van der Waals surface area contributed by atoms with E-state index in [1.165, 1.54) is 23.5 Å². The van der Waals surface area contributed by atoms with Crippen molar-refractivity contribution in [3.8, 4) is 5.75 Å². The van der Waals surface area contributed by atoms with Gasteiger partial charge in [0.15, 0.2) is 0 Å². The fraction of sp³-hybridized carbons (Fsp3) is 0.278. The summed E-state index contributed by atoms with van der Waals surface area (Å²) in [5.74, 6) is -1.10. The monoisotopic (exact) mass is 412 g/mol. The summed E-state index contributed by atoms with van der Waals surface area (Å²) < 4.78 is 45.9. The van der Waals surface area contributed by atoms with Gasteiger partial charge in [-0.1, -0.05) is 11.6 Å². The van der Waals surface area contributed by atoms with Crippen molar-refractivity contribution < 1.29 is 22.3 Å². The summed E-state index contributed by atoms with van der Waals surface area (Å²) in [5, 5.41) is 3.00. The van der Waals surface area contributed by atoms with Gasteiger partial charge in [-0.25, -0.2) is 12.8 Å². The normalized spacial score (nSPS) is 14.9. The molecule has 0 unspecified atom stereocenters. The van der Waals surface area contributed by atoms with Crippen LogP contribution in [-0.2, 0) is 10.0 Å². The highest BCUT2D eigenvalue weighted by Gasteiger charge is 2.30. The van der Waals surface area contributed by atoms with Gasteiger partial charge in [-0.2, -0.15) is 4.31 Å². The summed E-state index contributed by atoms with van der Waals surface area (Å²) in [6.45, 7) is 0.690. The van der Waals surface area contributed by atoms with Crippen molar-refractivity contribution in [2.75, 3.05) is 25.5 Å². The van der Waals surface area contributed by atoms with E-state index in [9.17, 15) is 17.6 Å². The van der Waals surface area contributed by atoms with E-state index in [0.29, 0.717) is 29.5 Å². The highest BCUT2D eigenvalue weighted by atomic mass is 35.5. The molecule has 1 saturated heterocycles. The Labute approximate surface area is 161 Å². The summed E-state index contributed by atoms with van der Waals surface area (Å²) in [4.78, 5) is 12.1. The van der Waals surface area contributed by atoms with Gasteiger partial charge >= 0.3 is 0 Å². The Hall–Kier alpha value is -2.16. The molecule has 1 amide bonds. The number of halogens is 2. The number of amides is 1. The molecule has 1 fully saturated rings. The Morgan fingerprint density at radius 1 is 1.19 bits per heavy atom. The van der Waals surface area contributed by atoms with Crippen molar-refractivity contribution in [3.63, 3.8) is 0 Å². The van der Waals surface area contributed by atoms with Gasteiger partial charge < -0.3 is 10.1 Å². The minimum absolute atomic E-state index is 0.0104. The van der Waals surface area contributed by atoms with Crippen LogP contribution in [0.3, 0.4) is 0 Å². The summed E-state index contributed by atoms with van der Waals surface area (Å²) in [6, 6.07) is 7.96. The molecule has 2 aromatic carbocycles. The van der Waals surface area contributed by atoms with Crippen LogP contribution in [0.4, 0.5) is 10.1 Å². The number of carbonyl (C=O) groups is 1. The molecule has 0 aromatic heterocycles. The van der Waals surface area contributed by atoms with E-state index in [1.54, 1.807) is 12.1 Å². The molecule has 1 aliphatic heterocycles. The Bertz CT molecular complexity index is 975. The average molecular weight is 413 g/mol. The molecular weight excluding hydrogens is 395 g/mol. The number of ether oxygens (including phenoxy) is 1. The third kappa shape index (κ3) is 4.07. The second kappa shape index (κ2) is 7.84. The second-order valence-electron chi connectivity index (χ2n) is 6.06. The molecular formula is C18H18ClFN2O4S. The molecule has 9 heteroatoms. The van der Waals surface area contributed by atoms with Crippen molar-refractivity contribution in [1.29, 1.82) is 0 Å². The largest absolute Gasteiger partial charge is 0.495 e. The number of anilines is 1. The van der Waals surface area contributed by atoms with E-state index in [0.717, 1.165) is 25.0 Å². The number of hydrogen-bond acceptors (Lipinski definition) is 4. The minimum atomic E-state index is -3.99. The lowest BCUT2D eigenvalue weighted by Gasteiger charge is -2.17. The third-order valence-corrected chi connectivity index (χ3v) is 6.43. The SMILES string of the molecule is COc1ccc(Cl)cc1NC(=O)c1ccc(F)c(S(=O)(=O)N2CCCC2)c1. The smallest absolute Gasteiger partial charge is 0.255 e. The Morgan fingerprint density at radius 2 is 1.89 bits per heavy atom. The molecule has 0 bridgehead atoms. The van der Waals surface area contributed by atoms with Gasteiger partial charge in [0.2, 0.25) is 10.0 Å². The molecule has 2 aromatic rings. The predicted octanol–water partition coefficient (Wildman–Crippen LogP) is 3.52. The lowest BCUT2D eigenvalue weighted by atomic mass is 10.2. The van der Waals surface area contributed by atoms with E-state index >= 15 is 0 Å². The predicted molar refractivity (Wildman–Crippen MR) is 100 cm³/mol. The molecule has 6 nitrogen and oxygen atoms in total. The van der Waals surface area contributed by atoms with Crippen molar-refractivity contribution >= 4 is 33.2 Å². The van der Waals surface area contributed by atoms with Crippen molar-refractivity contribution in [2.24, 2.45) is 0 Å². The first kappa shape index (κ1) is 19.6.